The summed E-state index contributed by atoms with van der Waals surface area (Å²) < 4.78 is 5.51. The third kappa shape index (κ3) is 4.09. The van der Waals surface area contributed by atoms with Crippen LogP contribution >= 0.6 is 0 Å². The van der Waals surface area contributed by atoms with Gasteiger partial charge in [-0.15, -0.1) is 0 Å². The van der Waals surface area contributed by atoms with Gasteiger partial charge in [-0.05, 0) is 35.7 Å². The zero-order valence-electron chi connectivity index (χ0n) is 12.2. The molecule has 1 amide bonds. The van der Waals surface area contributed by atoms with Crippen molar-refractivity contribution in [3.63, 3.8) is 0 Å². The van der Waals surface area contributed by atoms with Gasteiger partial charge in [0, 0.05) is 5.69 Å². The third-order valence-corrected chi connectivity index (χ3v) is 3.12. The standard InChI is InChI=1S/C17H17NO4/c1-2-12-5-3-4-6-15(12)22-11-16(19)18-14-9-7-13(8-10-14)17(20)21/h3-10H,2,11H2,1H3,(H,18,19)(H,20,21)/p-1. The molecule has 0 saturated heterocycles. The fraction of sp³-hybridized carbons (Fsp3) is 0.176. The summed E-state index contributed by atoms with van der Waals surface area (Å²) in [5, 5.41) is 13.3. The Morgan fingerprint density at radius 1 is 1.09 bits per heavy atom. The Kier molecular flexibility index (Phi) is 5.14. The second kappa shape index (κ2) is 7.26. The van der Waals surface area contributed by atoms with Crippen molar-refractivity contribution in [3.05, 3.63) is 59.7 Å². The topological polar surface area (TPSA) is 78.5 Å². The molecular formula is C17H16NO4-. The van der Waals surface area contributed by atoms with Crippen molar-refractivity contribution in [2.45, 2.75) is 13.3 Å². The Morgan fingerprint density at radius 3 is 2.41 bits per heavy atom. The lowest BCUT2D eigenvalue weighted by atomic mass is 10.1. The van der Waals surface area contributed by atoms with E-state index in [1.54, 1.807) is 0 Å². The Morgan fingerprint density at radius 2 is 1.77 bits per heavy atom. The highest BCUT2D eigenvalue weighted by Gasteiger charge is 2.06. The van der Waals surface area contributed by atoms with Gasteiger partial charge in [-0.3, -0.25) is 4.79 Å². The van der Waals surface area contributed by atoms with E-state index in [1.165, 1.54) is 24.3 Å². The quantitative estimate of drug-likeness (QED) is 0.879. The van der Waals surface area contributed by atoms with Crippen LogP contribution in [0.2, 0.25) is 0 Å². The molecule has 0 atom stereocenters. The maximum atomic E-state index is 11.8. The summed E-state index contributed by atoms with van der Waals surface area (Å²) in [5.41, 5.74) is 1.60. The molecule has 2 rings (SSSR count). The van der Waals surface area contributed by atoms with Gasteiger partial charge in [0.05, 0.1) is 5.97 Å². The van der Waals surface area contributed by atoms with Gasteiger partial charge in [0.15, 0.2) is 6.61 Å². The second-order valence-corrected chi connectivity index (χ2v) is 4.66. The Balaban J connectivity index is 1.91. The van der Waals surface area contributed by atoms with Crippen LogP contribution in [-0.2, 0) is 11.2 Å². The molecule has 114 valence electrons. The number of benzene rings is 2. The number of carbonyl (C=O) groups is 2. The van der Waals surface area contributed by atoms with Crippen molar-refractivity contribution in [2.75, 3.05) is 11.9 Å². The first-order chi connectivity index (χ1) is 10.6. The molecule has 5 nitrogen and oxygen atoms in total. The number of aromatic carboxylic acids is 1. The Hall–Kier alpha value is -2.82. The molecule has 0 radical (unpaired) electrons. The number of para-hydroxylation sites is 1. The Bertz CT molecular complexity index is 665. The maximum Gasteiger partial charge on any atom is 0.262 e. The van der Waals surface area contributed by atoms with Gasteiger partial charge in [-0.2, -0.15) is 0 Å². The summed E-state index contributed by atoms with van der Waals surface area (Å²) in [6, 6.07) is 13.3. The Labute approximate surface area is 128 Å². The molecule has 0 unspecified atom stereocenters. The van der Waals surface area contributed by atoms with Gasteiger partial charge in [-0.1, -0.05) is 37.3 Å². The maximum absolute atomic E-state index is 11.8. The van der Waals surface area contributed by atoms with Gasteiger partial charge >= 0.3 is 0 Å². The lowest BCUT2D eigenvalue weighted by Crippen LogP contribution is -2.22. The molecule has 5 heteroatoms. The van der Waals surface area contributed by atoms with Crippen LogP contribution in [0.4, 0.5) is 5.69 Å². The van der Waals surface area contributed by atoms with Crippen molar-refractivity contribution in [1.82, 2.24) is 0 Å². The molecule has 0 spiro atoms. The summed E-state index contributed by atoms with van der Waals surface area (Å²) in [6.07, 6.45) is 0.822. The molecule has 2 aromatic rings. The fourth-order valence-electron chi connectivity index (χ4n) is 1.97. The number of nitrogens with one attached hydrogen (secondary N) is 1. The molecule has 0 heterocycles. The first kappa shape index (κ1) is 15.6. The van der Waals surface area contributed by atoms with E-state index < -0.39 is 5.97 Å². The summed E-state index contributed by atoms with van der Waals surface area (Å²) in [5.74, 6) is -0.878. The molecule has 0 aliphatic rings. The third-order valence-electron chi connectivity index (χ3n) is 3.12. The molecule has 0 bridgehead atoms. The lowest BCUT2D eigenvalue weighted by molar-refractivity contribution is -0.255. The van der Waals surface area contributed by atoms with Crippen molar-refractivity contribution >= 4 is 17.6 Å². The van der Waals surface area contributed by atoms with E-state index in [-0.39, 0.29) is 18.1 Å². The molecule has 0 aliphatic carbocycles. The normalized spacial score (nSPS) is 10.0. The van der Waals surface area contributed by atoms with Gasteiger partial charge in [-0.25, -0.2) is 0 Å². The first-order valence-corrected chi connectivity index (χ1v) is 6.92. The van der Waals surface area contributed by atoms with Crippen molar-refractivity contribution < 1.29 is 19.4 Å². The molecule has 0 fully saturated rings. The van der Waals surface area contributed by atoms with Gasteiger partial charge < -0.3 is 20.0 Å². The van der Waals surface area contributed by atoms with Gasteiger partial charge in [0.1, 0.15) is 5.75 Å². The van der Waals surface area contributed by atoms with Crippen LogP contribution in [0, 0.1) is 0 Å². The van der Waals surface area contributed by atoms with Crippen LogP contribution in [0.25, 0.3) is 0 Å². The van der Waals surface area contributed by atoms with Crippen LogP contribution in [0.15, 0.2) is 48.5 Å². The van der Waals surface area contributed by atoms with E-state index in [2.05, 4.69) is 5.32 Å². The highest BCUT2D eigenvalue weighted by Crippen LogP contribution is 2.18. The van der Waals surface area contributed by atoms with Crippen molar-refractivity contribution in [2.24, 2.45) is 0 Å². The number of ether oxygens (including phenoxy) is 1. The number of amides is 1. The molecule has 0 saturated carbocycles. The van der Waals surface area contributed by atoms with Crippen molar-refractivity contribution in [3.8, 4) is 5.75 Å². The number of hydrogen-bond acceptors (Lipinski definition) is 4. The molecule has 2 aromatic carbocycles. The summed E-state index contributed by atoms with van der Waals surface area (Å²) in [7, 11) is 0. The van der Waals surface area contributed by atoms with E-state index in [1.807, 2.05) is 31.2 Å². The second-order valence-electron chi connectivity index (χ2n) is 4.66. The van der Waals surface area contributed by atoms with Crippen LogP contribution in [0.3, 0.4) is 0 Å². The average molecular weight is 298 g/mol. The molecule has 22 heavy (non-hydrogen) atoms. The predicted molar refractivity (Wildman–Crippen MR) is 80.7 cm³/mol. The van der Waals surface area contributed by atoms with Crippen LogP contribution in [-0.4, -0.2) is 18.5 Å². The van der Waals surface area contributed by atoms with Crippen LogP contribution < -0.4 is 15.2 Å². The summed E-state index contributed by atoms with van der Waals surface area (Å²) in [6.45, 7) is 1.90. The number of rotatable bonds is 6. The average Bonchev–Trinajstić information content (AvgIpc) is 2.53. The highest BCUT2D eigenvalue weighted by molar-refractivity contribution is 5.93. The van der Waals surface area contributed by atoms with E-state index in [0.717, 1.165) is 12.0 Å². The van der Waals surface area contributed by atoms with Crippen LogP contribution in [0.1, 0.15) is 22.8 Å². The van der Waals surface area contributed by atoms with E-state index in [0.29, 0.717) is 11.4 Å². The first-order valence-electron chi connectivity index (χ1n) is 6.92. The number of carboxylic acids is 1. The monoisotopic (exact) mass is 298 g/mol. The lowest BCUT2D eigenvalue weighted by Gasteiger charge is -2.11. The minimum absolute atomic E-state index is 0.0612. The van der Waals surface area contributed by atoms with E-state index in [9.17, 15) is 14.7 Å². The van der Waals surface area contributed by atoms with E-state index >= 15 is 0 Å². The minimum Gasteiger partial charge on any atom is -0.545 e. The molecule has 1 N–H and O–H groups in total. The van der Waals surface area contributed by atoms with Gasteiger partial charge in [0.25, 0.3) is 5.91 Å². The fourth-order valence-corrected chi connectivity index (χ4v) is 1.97. The number of hydrogen-bond donors (Lipinski definition) is 1. The number of carboxylic acid groups (broad SMARTS) is 1. The highest BCUT2D eigenvalue weighted by atomic mass is 16.5. The number of carbonyl (C=O) groups excluding carboxylic acids is 2. The van der Waals surface area contributed by atoms with Crippen molar-refractivity contribution in [1.29, 1.82) is 0 Å². The smallest absolute Gasteiger partial charge is 0.262 e. The van der Waals surface area contributed by atoms with Crippen LogP contribution in [0.5, 0.6) is 5.75 Å². The molecule has 0 aromatic heterocycles. The summed E-state index contributed by atoms with van der Waals surface area (Å²) in [4.78, 5) is 22.5. The zero-order chi connectivity index (χ0) is 15.9. The number of aryl methyl sites for hydroxylation is 1. The van der Waals surface area contributed by atoms with E-state index in [4.69, 9.17) is 4.74 Å². The summed E-state index contributed by atoms with van der Waals surface area (Å²) >= 11 is 0. The number of anilines is 1. The largest absolute Gasteiger partial charge is 0.545 e. The predicted octanol–water partition coefficient (Wildman–Crippen LogP) is 1.63. The zero-order valence-corrected chi connectivity index (χ0v) is 12.2. The molecule has 0 aliphatic heterocycles. The molecular weight excluding hydrogens is 282 g/mol. The SMILES string of the molecule is CCc1ccccc1OCC(=O)Nc1ccc(C(=O)[O-])cc1. The minimum atomic E-state index is -1.25. The van der Waals surface area contributed by atoms with Gasteiger partial charge in [0.2, 0.25) is 0 Å².